The summed E-state index contributed by atoms with van der Waals surface area (Å²) in [6.07, 6.45) is 0. The second kappa shape index (κ2) is 7.87. The molecule has 0 radical (unpaired) electrons. The molecule has 0 aliphatic carbocycles. The van der Waals surface area contributed by atoms with Crippen LogP contribution >= 0.6 is 0 Å². The third-order valence-electron chi connectivity index (χ3n) is 5.02. The maximum atomic E-state index is 12.8. The Morgan fingerprint density at radius 3 is 2.24 bits per heavy atom. The number of likely N-dealkylation sites (N-methyl/N-ethyl adjacent to an activating group) is 1. The largest absolute Gasteiger partial charge is 0.507 e. The molecule has 1 amide bonds. The van der Waals surface area contributed by atoms with E-state index in [1.165, 1.54) is 33.3 Å². The molecule has 0 spiro atoms. The lowest BCUT2D eigenvalue weighted by molar-refractivity contribution is -0.139. The summed E-state index contributed by atoms with van der Waals surface area (Å²) >= 11 is 0. The number of hydrogen-bond acceptors (Lipinski definition) is 6. The van der Waals surface area contributed by atoms with Crippen LogP contribution in [0, 0.1) is 6.92 Å². The molecule has 0 saturated carbocycles. The Bertz CT molecular complexity index is 1010. The highest BCUT2D eigenvalue weighted by Gasteiger charge is 2.45. The van der Waals surface area contributed by atoms with Crippen LogP contribution in [0.1, 0.15) is 22.7 Å². The number of carbonyl (C=O) groups excluding carboxylic acids is 2. The molecule has 1 fully saturated rings. The van der Waals surface area contributed by atoms with Crippen molar-refractivity contribution in [3.8, 4) is 17.2 Å². The molecule has 1 atom stereocenters. The summed E-state index contributed by atoms with van der Waals surface area (Å²) in [6, 6.07) is 9.49. The topological polar surface area (TPSA) is 85.3 Å². The number of rotatable bonds is 5. The van der Waals surface area contributed by atoms with Gasteiger partial charge in [0.2, 0.25) is 0 Å². The van der Waals surface area contributed by atoms with Gasteiger partial charge in [0.25, 0.3) is 11.7 Å². The number of nitrogens with zero attached hydrogens (tertiary/aromatic N) is 1. The van der Waals surface area contributed by atoms with Gasteiger partial charge >= 0.3 is 0 Å². The van der Waals surface area contributed by atoms with E-state index < -0.39 is 17.7 Å². The number of ether oxygens (including phenoxy) is 3. The first-order valence-electron chi connectivity index (χ1n) is 8.95. The van der Waals surface area contributed by atoms with Crippen LogP contribution in [0.3, 0.4) is 0 Å². The van der Waals surface area contributed by atoms with Crippen LogP contribution in [0.4, 0.5) is 0 Å². The van der Waals surface area contributed by atoms with Crippen LogP contribution < -0.4 is 14.2 Å². The van der Waals surface area contributed by atoms with Crippen molar-refractivity contribution < 1.29 is 28.9 Å². The molecule has 0 aromatic heterocycles. The lowest BCUT2D eigenvalue weighted by Crippen LogP contribution is -2.25. The van der Waals surface area contributed by atoms with Crippen LogP contribution in [0.5, 0.6) is 17.2 Å². The highest BCUT2D eigenvalue weighted by atomic mass is 16.5. The monoisotopic (exact) mass is 397 g/mol. The number of hydrogen-bond donors (Lipinski definition) is 1. The minimum atomic E-state index is -0.842. The van der Waals surface area contributed by atoms with E-state index in [-0.39, 0.29) is 11.3 Å². The molecule has 0 bridgehead atoms. The van der Waals surface area contributed by atoms with E-state index >= 15 is 0 Å². The van der Waals surface area contributed by atoms with Gasteiger partial charge in [-0.15, -0.1) is 0 Å². The van der Waals surface area contributed by atoms with Gasteiger partial charge in [-0.2, -0.15) is 0 Å². The number of carbonyl (C=O) groups is 2. The Labute approximate surface area is 169 Å². The van der Waals surface area contributed by atoms with Crippen LogP contribution in [0.25, 0.3) is 5.76 Å². The van der Waals surface area contributed by atoms with E-state index in [1.807, 2.05) is 13.0 Å². The molecule has 1 N–H and O–H groups in total. The predicted molar refractivity (Wildman–Crippen MR) is 107 cm³/mol. The Hall–Kier alpha value is -3.48. The molecule has 7 nitrogen and oxygen atoms in total. The molecular weight excluding hydrogens is 374 g/mol. The van der Waals surface area contributed by atoms with E-state index in [1.54, 1.807) is 30.3 Å². The first-order chi connectivity index (χ1) is 13.8. The van der Waals surface area contributed by atoms with Crippen molar-refractivity contribution in [1.29, 1.82) is 0 Å². The van der Waals surface area contributed by atoms with Crippen molar-refractivity contribution in [3.63, 3.8) is 0 Å². The Kier molecular flexibility index (Phi) is 5.50. The predicted octanol–water partition coefficient (Wildman–Crippen LogP) is 3.07. The smallest absolute Gasteiger partial charge is 0.295 e. The SMILES string of the molecule is COc1ccc(OC)c(C2/C(=C(\O)c3cc(C)ccc3OC)C(=O)C(=O)N2C)c1. The minimum Gasteiger partial charge on any atom is -0.507 e. The summed E-state index contributed by atoms with van der Waals surface area (Å²) in [5.41, 5.74) is 1.70. The summed E-state index contributed by atoms with van der Waals surface area (Å²) in [5.74, 6) is -0.397. The van der Waals surface area contributed by atoms with Gasteiger partial charge in [0.05, 0.1) is 38.5 Å². The highest BCUT2D eigenvalue weighted by Crippen LogP contribution is 2.44. The summed E-state index contributed by atoms with van der Waals surface area (Å²) in [5, 5.41) is 11.1. The molecule has 2 aromatic rings. The number of aliphatic hydroxyl groups is 1. The van der Waals surface area contributed by atoms with Gasteiger partial charge in [0, 0.05) is 12.6 Å². The van der Waals surface area contributed by atoms with Crippen LogP contribution in [-0.2, 0) is 9.59 Å². The second-order valence-electron chi connectivity index (χ2n) is 6.72. The zero-order valence-electron chi connectivity index (χ0n) is 17.0. The number of ketones is 1. The summed E-state index contributed by atoms with van der Waals surface area (Å²) in [4.78, 5) is 26.7. The number of aryl methyl sites for hydroxylation is 1. The minimum absolute atomic E-state index is 0.0343. The molecule has 1 aliphatic rings. The van der Waals surface area contributed by atoms with Crippen molar-refractivity contribution in [2.45, 2.75) is 13.0 Å². The van der Waals surface area contributed by atoms with Gasteiger partial charge < -0.3 is 24.2 Å². The van der Waals surface area contributed by atoms with E-state index in [0.29, 0.717) is 28.4 Å². The number of Topliss-reactive ketones (excluding diaryl/α,β-unsaturated/α-hetero) is 1. The number of methoxy groups -OCH3 is 3. The quantitative estimate of drug-likeness (QED) is 0.474. The molecule has 1 unspecified atom stereocenters. The summed E-state index contributed by atoms with van der Waals surface area (Å²) in [7, 11) is 6.00. The van der Waals surface area contributed by atoms with E-state index in [2.05, 4.69) is 0 Å². The highest BCUT2D eigenvalue weighted by molar-refractivity contribution is 6.46. The van der Waals surface area contributed by atoms with E-state index in [0.717, 1.165) is 5.56 Å². The Balaban J connectivity index is 2.29. The Morgan fingerprint density at radius 1 is 0.966 bits per heavy atom. The van der Waals surface area contributed by atoms with Crippen molar-refractivity contribution in [1.82, 2.24) is 4.90 Å². The first-order valence-corrected chi connectivity index (χ1v) is 8.95. The molecule has 1 aliphatic heterocycles. The average Bonchev–Trinajstić information content (AvgIpc) is 2.96. The molecule has 29 heavy (non-hydrogen) atoms. The number of likely N-dealkylation sites (tertiary alicyclic amines) is 1. The third kappa shape index (κ3) is 3.40. The van der Waals surface area contributed by atoms with Crippen LogP contribution in [-0.4, -0.2) is 50.1 Å². The zero-order chi connectivity index (χ0) is 21.3. The van der Waals surface area contributed by atoms with Gasteiger partial charge in [-0.05, 0) is 37.3 Å². The second-order valence-corrected chi connectivity index (χ2v) is 6.72. The van der Waals surface area contributed by atoms with Crippen molar-refractivity contribution in [3.05, 3.63) is 58.7 Å². The van der Waals surface area contributed by atoms with Crippen LogP contribution in [0.2, 0.25) is 0 Å². The average molecular weight is 397 g/mol. The van der Waals surface area contributed by atoms with Gasteiger partial charge in [0.1, 0.15) is 23.0 Å². The van der Waals surface area contributed by atoms with Gasteiger partial charge in [0.15, 0.2) is 0 Å². The molecular formula is C22H23NO6. The summed E-state index contributed by atoms with van der Waals surface area (Å²) in [6.45, 7) is 1.86. The fraction of sp³-hybridized carbons (Fsp3) is 0.273. The lowest BCUT2D eigenvalue weighted by Gasteiger charge is -2.23. The van der Waals surface area contributed by atoms with Gasteiger partial charge in [-0.25, -0.2) is 0 Å². The van der Waals surface area contributed by atoms with E-state index in [4.69, 9.17) is 14.2 Å². The Morgan fingerprint density at radius 2 is 1.62 bits per heavy atom. The zero-order valence-corrected chi connectivity index (χ0v) is 17.0. The first kappa shape index (κ1) is 20.3. The fourth-order valence-electron chi connectivity index (χ4n) is 3.52. The fourth-order valence-corrected chi connectivity index (χ4v) is 3.52. The number of benzene rings is 2. The summed E-state index contributed by atoms with van der Waals surface area (Å²) < 4.78 is 16.1. The van der Waals surface area contributed by atoms with Crippen molar-refractivity contribution in [2.75, 3.05) is 28.4 Å². The third-order valence-corrected chi connectivity index (χ3v) is 5.02. The van der Waals surface area contributed by atoms with Gasteiger partial charge in [-0.1, -0.05) is 11.6 Å². The lowest BCUT2D eigenvalue weighted by atomic mass is 9.94. The molecule has 152 valence electrons. The normalized spacial score (nSPS) is 18.1. The maximum Gasteiger partial charge on any atom is 0.295 e. The van der Waals surface area contributed by atoms with E-state index in [9.17, 15) is 14.7 Å². The molecule has 1 saturated heterocycles. The van der Waals surface area contributed by atoms with Crippen molar-refractivity contribution in [2.24, 2.45) is 0 Å². The number of aliphatic hydroxyl groups excluding tert-OH is 1. The molecule has 1 heterocycles. The molecule has 2 aromatic carbocycles. The van der Waals surface area contributed by atoms with Crippen molar-refractivity contribution >= 4 is 17.4 Å². The molecule has 7 heteroatoms. The molecule has 3 rings (SSSR count). The number of amides is 1. The maximum absolute atomic E-state index is 12.8. The van der Waals surface area contributed by atoms with Gasteiger partial charge in [-0.3, -0.25) is 9.59 Å². The van der Waals surface area contributed by atoms with Crippen LogP contribution in [0.15, 0.2) is 42.0 Å². The standard InChI is InChI=1S/C22H23NO6/c1-12-6-8-17(29-5)15(10-12)20(24)18-19(23(2)22(26)21(18)25)14-11-13(27-3)7-9-16(14)28-4/h6-11,19,24H,1-5H3/b20-18+.